The monoisotopic (exact) mass is 311 g/mol. The van der Waals surface area contributed by atoms with Crippen molar-refractivity contribution >= 4 is 5.97 Å². The molecule has 0 fully saturated rings. The molecule has 0 radical (unpaired) electrons. The Balaban J connectivity index is 2.11. The molecule has 3 rings (SSSR count). The molecular formula is C14H12F3N3O2. The number of benzene rings is 1. The van der Waals surface area contributed by atoms with Gasteiger partial charge in [-0.25, -0.2) is 4.98 Å². The van der Waals surface area contributed by atoms with Crippen LogP contribution >= 0.6 is 0 Å². The maximum absolute atomic E-state index is 13.2. The molecule has 8 heteroatoms. The number of imidazole rings is 1. The van der Waals surface area contributed by atoms with Crippen molar-refractivity contribution in [2.24, 2.45) is 0 Å². The number of rotatable bonds is 2. The van der Waals surface area contributed by atoms with Crippen LogP contribution in [0.25, 0.3) is 0 Å². The van der Waals surface area contributed by atoms with Gasteiger partial charge in [0.25, 0.3) is 0 Å². The summed E-state index contributed by atoms with van der Waals surface area (Å²) >= 11 is 0. The molecule has 3 N–H and O–H groups in total. The lowest BCUT2D eigenvalue weighted by atomic mass is 9.91. The van der Waals surface area contributed by atoms with Gasteiger partial charge in [0.05, 0.1) is 23.6 Å². The first-order valence-corrected chi connectivity index (χ1v) is 6.55. The fraction of sp³-hybridized carbons (Fsp3) is 0.286. The number of alkyl halides is 3. The minimum atomic E-state index is -4.52. The Kier molecular flexibility index (Phi) is 3.40. The number of carboxylic acids is 1. The second-order valence-corrected chi connectivity index (χ2v) is 5.05. The van der Waals surface area contributed by atoms with E-state index in [9.17, 15) is 23.1 Å². The number of nitrogens with zero attached hydrogens (tertiary/aromatic N) is 1. The Hall–Kier alpha value is -2.35. The summed E-state index contributed by atoms with van der Waals surface area (Å²) in [5, 5.41) is 11.9. The zero-order valence-electron chi connectivity index (χ0n) is 11.2. The summed E-state index contributed by atoms with van der Waals surface area (Å²) in [5.74, 6) is -1.12. The van der Waals surface area contributed by atoms with E-state index < -0.39 is 29.8 Å². The van der Waals surface area contributed by atoms with Crippen LogP contribution in [0.15, 0.2) is 30.6 Å². The van der Waals surface area contributed by atoms with E-state index in [-0.39, 0.29) is 12.0 Å². The predicted octanol–water partition coefficient (Wildman–Crippen LogP) is 2.12. The molecule has 1 aromatic carbocycles. The van der Waals surface area contributed by atoms with Crippen molar-refractivity contribution < 1.29 is 23.1 Å². The van der Waals surface area contributed by atoms with E-state index in [1.54, 1.807) is 0 Å². The molecule has 1 aliphatic rings. The molecule has 116 valence electrons. The van der Waals surface area contributed by atoms with Crippen LogP contribution < -0.4 is 5.32 Å². The number of halogens is 3. The number of aromatic nitrogens is 2. The molecule has 0 unspecified atom stereocenters. The minimum Gasteiger partial charge on any atom is -0.480 e. The first-order valence-electron chi connectivity index (χ1n) is 6.55. The average molecular weight is 311 g/mol. The van der Waals surface area contributed by atoms with E-state index >= 15 is 0 Å². The Morgan fingerprint density at radius 1 is 1.32 bits per heavy atom. The average Bonchev–Trinajstić information content (AvgIpc) is 2.93. The number of hydrogen-bond acceptors (Lipinski definition) is 3. The molecule has 0 spiro atoms. The lowest BCUT2D eigenvalue weighted by Gasteiger charge is -2.29. The second-order valence-electron chi connectivity index (χ2n) is 5.05. The maximum Gasteiger partial charge on any atom is 0.416 e. The number of nitrogens with one attached hydrogen (secondary N) is 2. The van der Waals surface area contributed by atoms with Gasteiger partial charge in [0, 0.05) is 12.1 Å². The molecule has 0 amide bonds. The molecule has 0 saturated heterocycles. The number of fused-ring (bicyclic) bond motifs is 1. The van der Waals surface area contributed by atoms with Gasteiger partial charge in [-0.15, -0.1) is 0 Å². The number of carbonyl (C=O) groups is 1. The number of carboxylic acid groups (broad SMARTS) is 1. The lowest BCUT2D eigenvalue weighted by Crippen LogP contribution is -2.45. The van der Waals surface area contributed by atoms with Crippen LogP contribution in [-0.4, -0.2) is 27.1 Å². The molecule has 0 saturated carbocycles. The summed E-state index contributed by atoms with van der Waals surface area (Å²) < 4.78 is 39.6. The molecule has 22 heavy (non-hydrogen) atoms. The highest BCUT2D eigenvalue weighted by Crippen LogP contribution is 2.38. The minimum absolute atomic E-state index is 0.0331. The van der Waals surface area contributed by atoms with Crippen molar-refractivity contribution in [2.75, 3.05) is 0 Å². The van der Waals surface area contributed by atoms with E-state index in [1.807, 2.05) is 0 Å². The van der Waals surface area contributed by atoms with Crippen molar-refractivity contribution in [2.45, 2.75) is 24.7 Å². The van der Waals surface area contributed by atoms with Crippen LogP contribution in [0.4, 0.5) is 13.2 Å². The van der Waals surface area contributed by atoms with Crippen molar-refractivity contribution in [3.05, 3.63) is 53.1 Å². The van der Waals surface area contributed by atoms with E-state index in [1.165, 1.54) is 24.5 Å². The number of H-pyrrole nitrogens is 1. The molecule has 1 aliphatic heterocycles. The number of aliphatic carboxylic acids is 1. The lowest BCUT2D eigenvalue weighted by molar-refractivity contribution is -0.139. The maximum atomic E-state index is 13.2. The summed E-state index contributed by atoms with van der Waals surface area (Å²) in [4.78, 5) is 18.1. The third kappa shape index (κ3) is 2.45. The summed E-state index contributed by atoms with van der Waals surface area (Å²) in [6, 6.07) is 3.21. The van der Waals surface area contributed by atoms with E-state index in [2.05, 4.69) is 15.3 Å². The quantitative estimate of drug-likeness (QED) is 0.794. The predicted molar refractivity (Wildman–Crippen MR) is 70.1 cm³/mol. The normalized spacial score (nSPS) is 21.4. The number of hydrogen-bond donors (Lipinski definition) is 3. The summed E-state index contributed by atoms with van der Waals surface area (Å²) in [6.07, 6.45) is -3.01. The zero-order chi connectivity index (χ0) is 15.9. The topological polar surface area (TPSA) is 78.0 Å². The van der Waals surface area contributed by atoms with Crippen LogP contribution in [0.2, 0.25) is 0 Å². The standard InChI is InChI=1S/C14H12F3N3O2/c15-14(16,17)8-4-2-1-3-7(8)11-12-9(18-6-19-12)5-10(20-11)13(21)22/h1-4,6,10-11,20H,5H2,(H,18,19)(H,21,22)/t10-,11-/m1/s1. The molecule has 2 aromatic rings. The number of aromatic amines is 1. The van der Waals surface area contributed by atoms with Gasteiger partial charge in [0.15, 0.2) is 0 Å². The summed E-state index contributed by atoms with van der Waals surface area (Å²) in [7, 11) is 0. The van der Waals surface area contributed by atoms with Gasteiger partial charge in [-0.2, -0.15) is 13.2 Å². The Labute approximate surface area is 123 Å². The first kappa shape index (κ1) is 14.6. The van der Waals surface area contributed by atoms with E-state index in [0.717, 1.165) is 6.07 Å². The highest BCUT2D eigenvalue weighted by Gasteiger charge is 2.39. The fourth-order valence-corrected chi connectivity index (χ4v) is 2.69. The Morgan fingerprint density at radius 2 is 2.05 bits per heavy atom. The Bertz CT molecular complexity index is 711. The van der Waals surface area contributed by atoms with E-state index in [0.29, 0.717) is 11.4 Å². The Morgan fingerprint density at radius 3 is 2.73 bits per heavy atom. The molecule has 0 bridgehead atoms. The first-order chi connectivity index (χ1) is 10.4. The SMILES string of the molecule is O=C(O)[C@H]1Cc2[nH]cnc2[C@@H](c2ccccc2C(F)(F)F)N1. The van der Waals surface area contributed by atoms with Gasteiger partial charge in [-0.05, 0) is 11.6 Å². The molecular weight excluding hydrogens is 299 g/mol. The van der Waals surface area contributed by atoms with Crippen molar-refractivity contribution in [1.29, 1.82) is 0 Å². The van der Waals surface area contributed by atoms with Gasteiger partial charge in [-0.3, -0.25) is 10.1 Å². The molecule has 2 atom stereocenters. The third-order valence-corrected chi connectivity index (χ3v) is 3.68. The smallest absolute Gasteiger partial charge is 0.416 e. The molecule has 5 nitrogen and oxygen atoms in total. The van der Waals surface area contributed by atoms with Gasteiger partial charge >= 0.3 is 12.1 Å². The van der Waals surface area contributed by atoms with Crippen LogP contribution in [0.1, 0.15) is 28.6 Å². The van der Waals surface area contributed by atoms with Gasteiger partial charge < -0.3 is 10.1 Å². The third-order valence-electron chi connectivity index (χ3n) is 3.68. The van der Waals surface area contributed by atoms with Crippen LogP contribution in [0, 0.1) is 0 Å². The van der Waals surface area contributed by atoms with Crippen LogP contribution in [0.5, 0.6) is 0 Å². The van der Waals surface area contributed by atoms with Crippen molar-refractivity contribution in [3.63, 3.8) is 0 Å². The molecule has 1 aromatic heterocycles. The van der Waals surface area contributed by atoms with Crippen LogP contribution in [0.3, 0.4) is 0 Å². The fourth-order valence-electron chi connectivity index (χ4n) is 2.69. The largest absolute Gasteiger partial charge is 0.480 e. The second kappa shape index (κ2) is 5.13. The van der Waals surface area contributed by atoms with Crippen LogP contribution in [-0.2, 0) is 17.4 Å². The van der Waals surface area contributed by atoms with E-state index in [4.69, 9.17) is 0 Å². The van der Waals surface area contributed by atoms with Crippen molar-refractivity contribution in [1.82, 2.24) is 15.3 Å². The summed E-state index contributed by atoms with van der Waals surface area (Å²) in [6.45, 7) is 0. The highest BCUT2D eigenvalue weighted by atomic mass is 19.4. The van der Waals surface area contributed by atoms with Crippen molar-refractivity contribution in [3.8, 4) is 0 Å². The molecule has 0 aliphatic carbocycles. The zero-order valence-corrected chi connectivity index (χ0v) is 11.2. The van der Waals surface area contributed by atoms with Gasteiger partial charge in [-0.1, -0.05) is 18.2 Å². The summed E-state index contributed by atoms with van der Waals surface area (Å²) in [5.41, 5.74) is 0.101. The van der Waals surface area contributed by atoms with Gasteiger partial charge in [0.2, 0.25) is 0 Å². The highest BCUT2D eigenvalue weighted by molar-refractivity contribution is 5.74. The molecule has 2 heterocycles. The van der Waals surface area contributed by atoms with Gasteiger partial charge in [0.1, 0.15) is 6.04 Å².